The Bertz CT molecular complexity index is 991. The molecule has 1 fully saturated rings. The summed E-state index contributed by atoms with van der Waals surface area (Å²) in [5.41, 5.74) is 2.67. The van der Waals surface area contributed by atoms with E-state index in [4.69, 9.17) is 4.74 Å². The van der Waals surface area contributed by atoms with Crippen LogP contribution in [-0.2, 0) is 22.4 Å². The predicted molar refractivity (Wildman–Crippen MR) is 146 cm³/mol. The third kappa shape index (κ3) is 6.99. The van der Waals surface area contributed by atoms with Crippen molar-refractivity contribution in [2.45, 2.75) is 91.9 Å². The van der Waals surface area contributed by atoms with Gasteiger partial charge in [0.05, 0.1) is 12.0 Å². The van der Waals surface area contributed by atoms with E-state index in [-0.39, 0.29) is 29.5 Å². The average molecular weight is 493 g/mol. The van der Waals surface area contributed by atoms with Crippen LogP contribution in [0.25, 0.3) is 0 Å². The van der Waals surface area contributed by atoms with Crippen molar-refractivity contribution in [3.8, 4) is 5.75 Å². The first-order valence-corrected chi connectivity index (χ1v) is 13.7. The van der Waals surface area contributed by atoms with Crippen LogP contribution in [0.15, 0.2) is 48.5 Å². The van der Waals surface area contributed by atoms with Gasteiger partial charge in [-0.25, -0.2) is 0 Å². The van der Waals surface area contributed by atoms with Gasteiger partial charge in [-0.2, -0.15) is 0 Å². The molecule has 36 heavy (non-hydrogen) atoms. The number of hydrogen-bond donors (Lipinski definition) is 1. The second kappa shape index (κ2) is 12.1. The Labute approximate surface area is 217 Å². The maximum atomic E-state index is 13.9. The molecule has 1 unspecified atom stereocenters. The minimum Gasteiger partial charge on any atom is -0.494 e. The Hall–Kier alpha value is -2.62. The molecule has 0 aromatic heterocycles. The topological polar surface area (TPSA) is 63.6 Å². The van der Waals surface area contributed by atoms with Crippen molar-refractivity contribution in [3.63, 3.8) is 0 Å². The molecule has 2 aromatic rings. The highest BCUT2D eigenvalue weighted by Gasteiger charge is 2.55. The molecule has 0 aliphatic heterocycles. The number of carbonyl (C=O) groups is 2. The quantitative estimate of drug-likeness (QED) is 0.294. The number of hydrogen-bond acceptors (Lipinski definition) is 3. The molecule has 1 N–H and O–H groups in total. The van der Waals surface area contributed by atoms with Gasteiger partial charge in [-0.05, 0) is 85.6 Å². The molecule has 0 bridgehead atoms. The smallest absolute Gasteiger partial charge is 0.310 e. The van der Waals surface area contributed by atoms with Gasteiger partial charge in [-0.1, -0.05) is 70.5 Å². The van der Waals surface area contributed by atoms with Crippen LogP contribution in [0.4, 0.5) is 0 Å². The summed E-state index contributed by atoms with van der Waals surface area (Å²) in [6.45, 7) is 11.1. The van der Waals surface area contributed by atoms with Gasteiger partial charge in [0.25, 0.3) is 0 Å². The molecule has 0 radical (unpaired) electrons. The van der Waals surface area contributed by atoms with Crippen LogP contribution in [0.5, 0.6) is 5.75 Å². The molecular weight excluding hydrogens is 448 g/mol. The number of aryl methyl sites for hydroxylation is 2. The summed E-state index contributed by atoms with van der Waals surface area (Å²) in [6, 6.07) is 16.7. The molecule has 1 aliphatic rings. The van der Waals surface area contributed by atoms with Gasteiger partial charge in [0.1, 0.15) is 11.5 Å². The highest BCUT2D eigenvalue weighted by Crippen LogP contribution is 2.57. The Morgan fingerprint density at radius 2 is 1.69 bits per heavy atom. The Kier molecular flexibility index (Phi) is 9.38. The lowest BCUT2D eigenvalue weighted by molar-refractivity contribution is -0.167. The first kappa shape index (κ1) is 28.0. The molecule has 2 atom stereocenters. The molecule has 2 aromatic carbocycles. The van der Waals surface area contributed by atoms with E-state index in [2.05, 4.69) is 58.0 Å². The van der Waals surface area contributed by atoms with Gasteiger partial charge in [-0.15, -0.1) is 0 Å². The molecule has 0 saturated heterocycles. The standard InChI is InChI=1S/C32H44O4/c1-6-12-25-17-26(19-27(18-25)36-7-2)23(3)28(16-11-15-24-13-9-8-10-14-24)29(33)20-32(30(34)35)21-31(4,5)22-32/h8-10,13-14,17-19,23,28H,6-7,11-12,15-16,20-22H2,1-5H3,(H,34,35)/t23-,28?/m1/s1. The number of Topliss-reactive ketones (excluding diaryl/α,β-unsaturated/α-hetero) is 1. The molecule has 1 saturated carbocycles. The van der Waals surface area contributed by atoms with E-state index in [0.29, 0.717) is 19.4 Å². The van der Waals surface area contributed by atoms with E-state index in [9.17, 15) is 14.7 Å². The molecule has 0 amide bonds. The number of carbonyl (C=O) groups excluding carboxylic acids is 1. The molecule has 4 heteroatoms. The van der Waals surface area contributed by atoms with E-state index >= 15 is 0 Å². The Morgan fingerprint density at radius 1 is 1.00 bits per heavy atom. The van der Waals surface area contributed by atoms with Crippen LogP contribution in [0, 0.1) is 16.7 Å². The number of ether oxygens (including phenoxy) is 1. The van der Waals surface area contributed by atoms with E-state index < -0.39 is 11.4 Å². The van der Waals surface area contributed by atoms with Crippen molar-refractivity contribution in [2.24, 2.45) is 16.7 Å². The fourth-order valence-corrected chi connectivity index (χ4v) is 6.32. The summed E-state index contributed by atoms with van der Waals surface area (Å²) < 4.78 is 5.86. The van der Waals surface area contributed by atoms with Crippen molar-refractivity contribution in [2.75, 3.05) is 6.61 Å². The molecule has 0 spiro atoms. The summed E-state index contributed by atoms with van der Waals surface area (Å²) in [6.07, 6.45) is 5.80. The highest BCUT2D eigenvalue weighted by molar-refractivity contribution is 5.89. The third-order valence-corrected chi connectivity index (χ3v) is 7.80. The van der Waals surface area contributed by atoms with Crippen LogP contribution >= 0.6 is 0 Å². The van der Waals surface area contributed by atoms with Crippen molar-refractivity contribution in [1.29, 1.82) is 0 Å². The SMILES string of the molecule is CCCc1cc(OCC)cc([C@@H](C)C(CCCc2ccccc2)C(=O)CC2(C(=O)O)CC(C)(C)C2)c1. The lowest BCUT2D eigenvalue weighted by Crippen LogP contribution is -2.50. The van der Waals surface area contributed by atoms with Gasteiger partial charge in [0.15, 0.2) is 0 Å². The fraction of sp³-hybridized carbons (Fsp3) is 0.562. The summed E-state index contributed by atoms with van der Waals surface area (Å²) in [5.74, 6) is -0.117. The van der Waals surface area contributed by atoms with Crippen LogP contribution < -0.4 is 4.74 Å². The molecule has 3 rings (SSSR count). The van der Waals surface area contributed by atoms with E-state index in [1.807, 2.05) is 25.1 Å². The van der Waals surface area contributed by atoms with Crippen LogP contribution in [0.2, 0.25) is 0 Å². The number of rotatable bonds is 14. The van der Waals surface area contributed by atoms with Gasteiger partial charge >= 0.3 is 5.97 Å². The zero-order valence-electron chi connectivity index (χ0n) is 22.8. The predicted octanol–water partition coefficient (Wildman–Crippen LogP) is 7.63. The first-order valence-electron chi connectivity index (χ1n) is 13.7. The lowest BCUT2D eigenvalue weighted by Gasteiger charge is -2.50. The maximum Gasteiger partial charge on any atom is 0.310 e. The summed E-state index contributed by atoms with van der Waals surface area (Å²) in [4.78, 5) is 26.1. The van der Waals surface area contributed by atoms with E-state index in [1.165, 1.54) is 11.1 Å². The number of carboxylic acid groups (broad SMARTS) is 1. The van der Waals surface area contributed by atoms with Gasteiger partial charge < -0.3 is 9.84 Å². The highest BCUT2D eigenvalue weighted by atomic mass is 16.5. The zero-order chi connectivity index (χ0) is 26.3. The minimum absolute atomic E-state index is 0.0109. The maximum absolute atomic E-state index is 13.9. The van der Waals surface area contributed by atoms with Gasteiger partial charge in [-0.3, -0.25) is 9.59 Å². The van der Waals surface area contributed by atoms with Gasteiger partial charge in [0.2, 0.25) is 0 Å². The minimum atomic E-state index is -0.918. The molecular formula is C32H44O4. The second-order valence-electron chi connectivity index (χ2n) is 11.6. The van der Waals surface area contributed by atoms with Crippen LogP contribution in [-0.4, -0.2) is 23.5 Å². The monoisotopic (exact) mass is 492 g/mol. The Morgan fingerprint density at radius 3 is 2.28 bits per heavy atom. The van der Waals surface area contributed by atoms with E-state index in [0.717, 1.165) is 43.4 Å². The second-order valence-corrected chi connectivity index (χ2v) is 11.6. The van der Waals surface area contributed by atoms with Crippen LogP contribution in [0.1, 0.15) is 95.8 Å². The summed E-state index contributed by atoms with van der Waals surface area (Å²) in [5, 5.41) is 10.0. The third-order valence-electron chi connectivity index (χ3n) is 7.80. The number of carboxylic acids is 1. The summed E-state index contributed by atoms with van der Waals surface area (Å²) >= 11 is 0. The van der Waals surface area contributed by atoms with Gasteiger partial charge in [0, 0.05) is 12.3 Å². The van der Waals surface area contributed by atoms with Crippen molar-refractivity contribution < 1.29 is 19.4 Å². The summed E-state index contributed by atoms with van der Waals surface area (Å²) in [7, 11) is 0. The zero-order valence-corrected chi connectivity index (χ0v) is 22.8. The molecule has 1 aliphatic carbocycles. The van der Waals surface area contributed by atoms with Crippen molar-refractivity contribution >= 4 is 11.8 Å². The first-order chi connectivity index (χ1) is 17.1. The fourth-order valence-electron chi connectivity index (χ4n) is 6.32. The lowest BCUT2D eigenvalue weighted by atomic mass is 9.52. The molecule has 196 valence electrons. The normalized spacial score (nSPS) is 17.6. The Balaban J connectivity index is 1.86. The van der Waals surface area contributed by atoms with E-state index in [1.54, 1.807) is 0 Å². The van der Waals surface area contributed by atoms with Crippen molar-refractivity contribution in [3.05, 3.63) is 65.2 Å². The van der Waals surface area contributed by atoms with Crippen molar-refractivity contribution in [1.82, 2.24) is 0 Å². The molecule has 4 nitrogen and oxygen atoms in total. The number of benzene rings is 2. The average Bonchev–Trinajstić information content (AvgIpc) is 2.81. The largest absolute Gasteiger partial charge is 0.494 e. The molecule has 0 heterocycles. The number of aliphatic carboxylic acids is 1. The number of ketones is 1. The van der Waals surface area contributed by atoms with Crippen LogP contribution in [0.3, 0.4) is 0 Å².